The summed E-state index contributed by atoms with van der Waals surface area (Å²) in [7, 11) is 1.88. The van der Waals surface area contributed by atoms with Crippen molar-refractivity contribution in [1.82, 2.24) is 9.80 Å². The molecule has 0 aromatic carbocycles. The van der Waals surface area contributed by atoms with Gasteiger partial charge < -0.3 is 9.80 Å². The molecule has 0 N–H and O–H groups in total. The van der Waals surface area contributed by atoms with E-state index in [9.17, 15) is 4.79 Å². The van der Waals surface area contributed by atoms with Crippen LogP contribution in [0.5, 0.6) is 0 Å². The van der Waals surface area contributed by atoms with Crippen molar-refractivity contribution < 1.29 is 4.79 Å². The van der Waals surface area contributed by atoms with Crippen LogP contribution in [0.3, 0.4) is 0 Å². The van der Waals surface area contributed by atoms with Gasteiger partial charge in [-0.25, -0.2) is 0 Å². The van der Waals surface area contributed by atoms with E-state index in [-0.39, 0.29) is 17.4 Å². The Bertz CT molecular complexity index is 335. The van der Waals surface area contributed by atoms with Gasteiger partial charge in [-0.1, -0.05) is 19.9 Å². The lowest BCUT2D eigenvalue weighted by atomic mass is 9.91. The predicted molar refractivity (Wildman–Crippen MR) is 76.2 cm³/mol. The molecule has 3 heteroatoms. The first-order valence-corrected chi connectivity index (χ1v) is 6.95. The van der Waals surface area contributed by atoms with Crippen molar-refractivity contribution in [2.45, 2.75) is 59.5 Å². The van der Waals surface area contributed by atoms with E-state index in [4.69, 9.17) is 0 Å². The van der Waals surface area contributed by atoms with Crippen molar-refractivity contribution >= 4 is 5.91 Å². The summed E-state index contributed by atoms with van der Waals surface area (Å²) >= 11 is 0. The Labute approximate surface area is 112 Å². The molecule has 1 aliphatic rings. The van der Waals surface area contributed by atoms with Gasteiger partial charge in [-0.05, 0) is 34.1 Å². The van der Waals surface area contributed by atoms with Crippen LogP contribution in [-0.4, -0.2) is 41.4 Å². The van der Waals surface area contributed by atoms with Crippen molar-refractivity contribution in [3.05, 3.63) is 12.3 Å². The molecule has 1 amide bonds. The van der Waals surface area contributed by atoms with Crippen molar-refractivity contribution in [3.8, 4) is 0 Å². The summed E-state index contributed by atoms with van der Waals surface area (Å²) in [5, 5.41) is 0. The molecule has 18 heavy (non-hydrogen) atoms. The first-order valence-electron chi connectivity index (χ1n) is 6.95. The molecule has 1 heterocycles. The molecule has 0 aromatic rings. The van der Waals surface area contributed by atoms with Crippen LogP contribution in [0.1, 0.15) is 47.5 Å². The summed E-state index contributed by atoms with van der Waals surface area (Å²) in [6.07, 6.45) is 2.29. The molecule has 104 valence electrons. The predicted octanol–water partition coefficient (Wildman–Crippen LogP) is 2.88. The monoisotopic (exact) mass is 252 g/mol. The Kier molecular flexibility index (Phi) is 4.46. The number of hydrogen-bond acceptors (Lipinski definition) is 2. The second-order valence-corrected chi connectivity index (χ2v) is 6.23. The molecule has 1 fully saturated rings. The van der Waals surface area contributed by atoms with Crippen molar-refractivity contribution in [2.24, 2.45) is 5.41 Å². The van der Waals surface area contributed by atoms with Crippen LogP contribution in [-0.2, 0) is 4.79 Å². The van der Waals surface area contributed by atoms with Crippen LogP contribution in [0.25, 0.3) is 0 Å². The molecular formula is C15H28N2O. The van der Waals surface area contributed by atoms with E-state index in [1.165, 1.54) is 0 Å². The number of carbonyl (C=O) groups excluding carboxylic acids is 1. The third-order valence-electron chi connectivity index (χ3n) is 4.14. The Balaban J connectivity index is 3.05. The summed E-state index contributed by atoms with van der Waals surface area (Å²) in [6.45, 7) is 15.5. The summed E-state index contributed by atoms with van der Waals surface area (Å²) < 4.78 is 0. The minimum Gasteiger partial charge on any atom is -0.370 e. The second kappa shape index (κ2) is 5.33. The molecule has 0 aromatic heterocycles. The maximum absolute atomic E-state index is 12.4. The smallest absolute Gasteiger partial charge is 0.230 e. The molecule has 3 nitrogen and oxygen atoms in total. The van der Waals surface area contributed by atoms with Crippen molar-refractivity contribution in [2.75, 3.05) is 13.6 Å². The third kappa shape index (κ3) is 2.70. The number of likely N-dealkylation sites (N-methyl/N-ethyl adjacent to an activating group) is 1. The van der Waals surface area contributed by atoms with Gasteiger partial charge in [0.2, 0.25) is 5.91 Å². The SMILES string of the molecule is C=C1C(C)N(C)C(=O)C(C)(C)CN1C(C)CCC. The zero-order valence-corrected chi connectivity index (χ0v) is 12.8. The van der Waals surface area contributed by atoms with Crippen LogP contribution in [0.2, 0.25) is 0 Å². The van der Waals surface area contributed by atoms with Crippen molar-refractivity contribution in [1.29, 1.82) is 0 Å². The molecule has 0 bridgehead atoms. The topological polar surface area (TPSA) is 23.6 Å². The van der Waals surface area contributed by atoms with E-state index >= 15 is 0 Å². The molecule has 0 saturated carbocycles. The number of rotatable bonds is 3. The third-order valence-corrected chi connectivity index (χ3v) is 4.14. The molecule has 0 radical (unpaired) electrons. The average molecular weight is 252 g/mol. The van der Waals surface area contributed by atoms with Crippen LogP contribution in [0.15, 0.2) is 12.3 Å². The van der Waals surface area contributed by atoms with E-state index in [0.29, 0.717) is 6.04 Å². The highest BCUT2D eigenvalue weighted by atomic mass is 16.2. The van der Waals surface area contributed by atoms with E-state index in [1.54, 1.807) is 0 Å². The van der Waals surface area contributed by atoms with E-state index in [2.05, 4.69) is 32.3 Å². The maximum atomic E-state index is 12.4. The second-order valence-electron chi connectivity index (χ2n) is 6.23. The molecular weight excluding hydrogens is 224 g/mol. The number of carbonyl (C=O) groups is 1. The zero-order valence-electron chi connectivity index (χ0n) is 12.8. The fourth-order valence-corrected chi connectivity index (χ4v) is 2.72. The fraction of sp³-hybridized carbons (Fsp3) is 0.800. The number of amides is 1. The highest BCUT2D eigenvalue weighted by Gasteiger charge is 2.40. The summed E-state index contributed by atoms with van der Waals surface area (Å²) in [5.74, 6) is 0.211. The van der Waals surface area contributed by atoms with Crippen molar-refractivity contribution in [3.63, 3.8) is 0 Å². The largest absolute Gasteiger partial charge is 0.370 e. The molecule has 1 rings (SSSR count). The van der Waals surface area contributed by atoms with Gasteiger partial charge in [0.05, 0.1) is 11.5 Å². The van der Waals surface area contributed by atoms with Crippen LogP contribution < -0.4 is 0 Å². The lowest BCUT2D eigenvalue weighted by Gasteiger charge is -2.36. The quantitative estimate of drug-likeness (QED) is 0.771. The van der Waals surface area contributed by atoms with Crippen LogP contribution in [0.4, 0.5) is 0 Å². The minimum atomic E-state index is -0.343. The lowest BCUT2D eigenvalue weighted by molar-refractivity contribution is -0.139. The van der Waals surface area contributed by atoms with Gasteiger partial charge in [0.15, 0.2) is 0 Å². The van der Waals surface area contributed by atoms with Gasteiger partial charge in [0, 0.05) is 25.3 Å². The molecule has 1 aliphatic heterocycles. The average Bonchev–Trinajstić information content (AvgIpc) is 2.36. The van der Waals surface area contributed by atoms with Gasteiger partial charge in [0.1, 0.15) is 0 Å². The standard InChI is InChI=1S/C15H28N2O/c1-8-9-11(2)17-10-15(5,6)14(18)16(7)12(3)13(17)4/h11-12H,4,8-10H2,1-3,5-7H3. The van der Waals surface area contributed by atoms with Crippen LogP contribution >= 0.6 is 0 Å². The van der Waals surface area contributed by atoms with E-state index in [1.807, 2.05) is 25.8 Å². The Hall–Kier alpha value is -0.990. The van der Waals surface area contributed by atoms with Gasteiger partial charge in [-0.15, -0.1) is 0 Å². The highest BCUT2D eigenvalue weighted by Crippen LogP contribution is 2.31. The summed E-state index contributed by atoms with van der Waals surface area (Å²) in [6, 6.07) is 0.530. The molecule has 0 spiro atoms. The zero-order chi connectivity index (χ0) is 14.1. The van der Waals surface area contributed by atoms with E-state index in [0.717, 1.165) is 25.1 Å². The Morgan fingerprint density at radius 1 is 1.50 bits per heavy atom. The summed E-state index contributed by atoms with van der Waals surface area (Å²) in [5.41, 5.74) is 0.724. The molecule has 1 saturated heterocycles. The normalized spacial score (nSPS) is 26.2. The molecule has 2 unspecified atom stereocenters. The Morgan fingerprint density at radius 3 is 2.56 bits per heavy atom. The first kappa shape index (κ1) is 15.1. The highest BCUT2D eigenvalue weighted by molar-refractivity contribution is 5.83. The lowest BCUT2D eigenvalue weighted by Crippen LogP contribution is -2.42. The number of nitrogens with zero attached hydrogens (tertiary/aromatic N) is 2. The van der Waals surface area contributed by atoms with Gasteiger partial charge in [-0.3, -0.25) is 4.79 Å². The van der Waals surface area contributed by atoms with Gasteiger partial charge >= 0.3 is 0 Å². The molecule has 2 atom stereocenters. The van der Waals surface area contributed by atoms with Gasteiger partial charge in [-0.2, -0.15) is 0 Å². The van der Waals surface area contributed by atoms with Gasteiger partial charge in [0.25, 0.3) is 0 Å². The Morgan fingerprint density at radius 2 is 2.06 bits per heavy atom. The fourth-order valence-electron chi connectivity index (χ4n) is 2.72. The molecule has 0 aliphatic carbocycles. The van der Waals surface area contributed by atoms with E-state index < -0.39 is 0 Å². The summed E-state index contributed by atoms with van der Waals surface area (Å²) in [4.78, 5) is 16.6. The van der Waals surface area contributed by atoms with Crippen LogP contribution in [0, 0.1) is 5.41 Å². The minimum absolute atomic E-state index is 0.0820. The first-order chi connectivity index (χ1) is 8.22. The maximum Gasteiger partial charge on any atom is 0.230 e. The number of hydrogen-bond donors (Lipinski definition) is 0.